The highest BCUT2D eigenvalue weighted by Crippen LogP contribution is 2.27. The van der Waals surface area contributed by atoms with E-state index in [2.05, 4.69) is 17.0 Å². The molecule has 0 aromatic heterocycles. The van der Waals surface area contributed by atoms with E-state index in [0.29, 0.717) is 39.3 Å². The van der Waals surface area contributed by atoms with Gasteiger partial charge in [0.05, 0.1) is 11.4 Å². The van der Waals surface area contributed by atoms with Crippen molar-refractivity contribution in [3.05, 3.63) is 53.6 Å². The first-order valence-electron chi connectivity index (χ1n) is 11.0. The Balaban J connectivity index is 1.37. The molecule has 2 heterocycles. The van der Waals surface area contributed by atoms with Crippen molar-refractivity contribution in [1.82, 2.24) is 14.7 Å². The van der Waals surface area contributed by atoms with Gasteiger partial charge < -0.3 is 16.4 Å². The molecule has 2 aromatic rings. The number of hydrogen-bond donors (Lipinski definition) is 2. The molecule has 10 heteroatoms. The van der Waals surface area contributed by atoms with Gasteiger partial charge in [0.15, 0.2) is 6.01 Å². The van der Waals surface area contributed by atoms with E-state index in [1.807, 2.05) is 15.9 Å². The first-order chi connectivity index (χ1) is 15.8. The summed E-state index contributed by atoms with van der Waals surface area (Å²) in [7, 11) is -3.86. The minimum absolute atomic E-state index is 0.0145. The van der Waals surface area contributed by atoms with Crippen LogP contribution in [0.15, 0.2) is 47.4 Å². The van der Waals surface area contributed by atoms with E-state index in [0.717, 1.165) is 24.1 Å². The largest absolute Gasteiger partial charge is 0.339 e. The highest BCUT2D eigenvalue weighted by molar-refractivity contribution is 7.91. The molecule has 0 spiro atoms. The lowest BCUT2D eigenvalue weighted by molar-refractivity contribution is -0.134. The number of piperazine rings is 1. The lowest BCUT2D eigenvalue weighted by Gasteiger charge is -2.37. The molecule has 1 amide bonds. The topological polar surface area (TPSA) is 113 Å². The van der Waals surface area contributed by atoms with Crippen LogP contribution in [0.1, 0.15) is 11.1 Å². The van der Waals surface area contributed by atoms with Crippen molar-refractivity contribution < 1.29 is 17.6 Å². The van der Waals surface area contributed by atoms with Crippen molar-refractivity contribution >= 4 is 15.7 Å². The van der Waals surface area contributed by atoms with E-state index in [1.165, 1.54) is 23.3 Å². The quantitative estimate of drug-likeness (QED) is 0.593. The minimum Gasteiger partial charge on any atom is -0.339 e. The highest BCUT2D eigenvalue weighted by atomic mass is 32.2. The number of halogens is 1. The predicted octanol–water partition coefficient (Wildman–Crippen LogP) is 0.758. The summed E-state index contributed by atoms with van der Waals surface area (Å²) >= 11 is 0. The van der Waals surface area contributed by atoms with Crippen molar-refractivity contribution in [2.24, 2.45) is 11.5 Å². The molecule has 4 N–H and O–H groups in total. The molecule has 2 aliphatic heterocycles. The van der Waals surface area contributed by atoms with E-state index in [1.54, 1.807) is 12.1 Å². The summed E-state index contributed by atoms with van der Waals surface area (Å²) in [5.74, 6) is 0.128. The molecule has 33 heavy (non-hydrogen) atoms. The lowest BCUT2D eigenvalue weighted by atomic mass is 9.94. The van der Waals surface area contributed by atoms with Crippen molar-refractivity contribution in [1.29, 1.82) is 0 Å². The summed E-state index contributed by atoms with van der Waals surface area (Å²) in [5, 5.41) is 0. The second kappa shape index (κ2) is 9.86. The SMILES string of the molecule is NC(N)N1CCN(C(=O)CN2CCc3cc(-c4ccc(S(=O)(=O)CF)cc4)ccc3C2)CC1. The molecule has 4 rings (SSSR count). The summed E-state index contributed by atoms with van der Waals surface area (Å²) in [5.41, 5.74) is 15.7. The van der Waals surface area contributed by atoms with Crippen LogP contribution in [0.4, 0.5) is 4.39 Å². The summed E-state index contributed by atoms with van der Waals surface area (Å²) in [6.07, 6.45) is 0.354. The van der Waals surface area contributed by atoms with Crippen LogP contribution in [0.5, 0.6) is 0 Å². The molecule has 8 nitrogen and oxygen atoms in total. The van der Waals surface area contributed by atoms with Crippen LogP contribution in [0.25, 0.3) is 11.1 Å². The molecule has 1 saturated heterocycles. The third-order valence-electron chi connectivity index (χ3n) is 6.44. The first-order valence-corrected chi connectivity index (χ1v) is 12.7. The van der Waals surface area contributed by atoms with Crippen molar-refractivity contribution in [3.8, 4) is 11.1 Å². The number of fused-ring (bicyclic) bond motifs is 1. The number of carbonyl (C=O) groups excluding carboxylic acids is 1. The molecule has 0 unspecified atom stereocenters. The minimum atomic E-state index is -3.86. The van der Waals surface area contributed by atoms with Crippen LogP contribution in [0, 0.1) is 0 Å². The first kappa shape index (κ1) is 23.8. The summed E-state index contributed by atoms with van der Waals surface area (Å²) in [4.78, 5) is 18.7. The van der Waals surface area contributed by atoms with Gasteiger partial charge in [-0.15, -0.1) is 0 Å². The summed E-state index contributed by atoms with van der Waals surface area (Å²) < 4.78 is 36.0. The van der Waals surface area contributed by atoms with E-state index >= 15 is 0 Å². The maximum atomic E-state index is 12.8. The molecule has 2 aliphatic rings. The van der Waals surface area contributed by atoms with Crippen LogP contribution in [-0.4, -0.2) is 80.6 Å². The Kier molecular flexibility index (Phi) is 7.10. The Bertz CT molecular complexity index is 1100. The van der Waals surface area contributed by atoms with Gasteiger partial charge in [0.2, 0.25) is 15.7 Å². The number of hydrogen-bond acceptors (Lipinski definition) is 7. The standard InChI is InChI=1S/C23H30FN5O3S/c24-16-33(31,32)21-5-3-17(4-6-21)18-1-2-20-14-27(8-7-19(20)13-18)15-22(30)28-9-11-29(12-10-28)23(25)26/h1-6,13,23H,7-12,14-16,25-26H2. The van der Waals surface area contributed by atoms with Crippen LogP contribution < -0.4 is 11.5 Å². The predicted molar refractivity (Wildman–Crippen MR) is 124 cm³/mol. The number of carbonyl (C=O) groups is 1. The zero-order chi connectivity index (χ0) is 23.6. The van der Waals surface area contributed by atoms with E-state index < -0.39 is 22.1 Å². The highest BCUT2D eigenvalue weighted by Gasteiger charge is 2.25. The third-order valence-corrected chi connectivity index (χ3v) is 7.71. The van der Waals surface area contributed by atoms with Crippen LogP contribution in [0.3, 0.4) is 0 Å². The van der Waals surface area contributed by atoms with Gasteiger partial charge in [0.25, 0.3) is 0 Å². The van der Waals surface area contributed by atoms with Crippen LogP contribution in [-0.2, 0) is 27.6 Å². The average molecular weight is 476 g/mol. The van der Waals surface area contributed by atoms with Gasteiger partial charge in [0, 0.05) is 39.3 Å². The van der Waals surface area contributed by atoms with Gasteiger partial charge in [-0.1, -0.05) is 30.3 Å². The molecule has 0 aliphatic carbocycles. The Morgan fingerprint density at radius 3 is 2.24 bits per heavy atom. The van der Waals surface area contributed by atoms with Crippen LogP contribution >= 0.6 is 0 Å². The third kappa shape index (κ3) is 5.42. The molecule has 2 aromatic carbocycles. The number of nitrogens with zero attached hydrogens (tertiary/aromatic N) is 3. The maximum absolute atomic E-state index is 12.8. The van der Waals surface area contributed by atoms with E-state index in [4.69, 9.17) is 11.5 Å². The lowest BCUT2D eigenvalue weighted by Crippen LogP contribution is -2.58. The number of rotatable bonds is 6. The fourth-order valence-corrected chi connectivity index (χ4v) is 5.08. The number of amides is 1. The van der Waals surface area contributed by atoms with E-state index in [-0.39, 0.29) is 10.8 Å². The van der Waals surface area contributed by atoms with Crippen molar-refractivity contribution in [2.45, 2.75) is 24.2 Å². The Hall–Kier alpha value is -2.37. The normalized spacial score (nSPS) is 17.9. The molecule has 0 saturated carbocycles. The zero-order valence-electron chi connectivity index (χ0n) is 18.5. The van der Waals surface area contributed by atoms with Gasteiger partial charge in [-0.25, -0.2) is 12.8 Å². The Morgan fingerprint density at radius 2 is 1.61 bits per heavy atom. The number of alkyl halides is 1. The smallest absolute Gasteiger partial charge is 0.236 e. The molecule has 178 valence electrons. The molecular weight excluding hydrogens is 445 g/mol. The zero-order valence-corrected chi connectivity index (χ0v) is 19.3. The molecule has 1 fully saturated rings. The second-order valence-corrected chi connectivity index (χ2v) is 10.5. The summed E-state index contributed by atoms with van der Waals surface area (Å²) in [6, 6.07) is 11.1. The number of benzene rings is 2. The molecule has 0 bridgehead atoms. The van der Waals surface area contributed by atoms with Crippen LogP contribution in [0.2, 0.25) is 0 Å². The molecular formula is C23H30FN5O3S. The summed E-state index contributed by atoms with van der Waals surface area (Å²) in [6.45, 7) is 4.56. The number of sulfone groups is 1. The molecule has 0 radical (unpaired) electrons. The van der Waals surface area contributed by atoms with Crippen molar-refractivity contribution in [2.75, 3.05) is 45.3 Å². The monoisotopic (exact) mass is 475 g/mol. The fourth-order valence-electron chi connectivity index (χ4n) is 4.40. The van der Waals surface area contributed by atoms with Gasteiger partial charge in [-0.3, -0.25) is 14.6 Å². The van der Waals surface area contributed by atoms with Gasteiger partial charge in [-0.2, -0.15) is 0 Å². The molecule has 0 atom stereocenters. The Labute approximate surface area is 193 Å². The average Bonchev–Trinajstić information content (AvgIpc) is 2.83. The number of nitrogens with two attached hydrogens (primary N) is 2. The van der Waals surface area contributed by atoms with Gasteiger partial charge in [0.1, 0.15) is 6.29 Å². The van der Waals surface area contributed by atoms with Crippen molar-refractivity contribution in [3.63, 3.8) is 0 Å². The second-order valence-electron chi connectivity index (χ2n) is 8.60. The Morgan fingerprint density at radius 1 is 0.939 bits per heavy atom. The maximum Gasteiger partial charge on any atom is 0.236 e. The fraction of sp³-hybridized carbons (Fsp3) is 0.435. The van der Waals surface area contributed by atoms with Gasteiger partial charge in [-0.05, 0) is 40.8 Å². The van der Waals surface area contributed by atoms with E-state index in [9.17, 15) is 17.6 Å². The van der Waals surface area contributed by atoms with Gasteiger partial charge >= 0.3 is 0 Å².